The third-order valence-electron chi connectivity index (χ3n) is 2.54. The normalized spacial score (nSPS) is 12.2. The second-order valence-electron chi connectivity index (χ2n) is 4.51. The molecule has 5 heteroatoms. The Bertz CT molecular complexity index is 404. The summed E-state index contributed by atoms with van der Waals surface area (Å²) in [7, 11) is 0. The van der Waals surface area contributed by atoms with Crippen LogP contribution in [0.4, 0.5) is 0 Å². The van der Waals surface area contributed by atoms with Gasteiger partial charge in [-0.1, -0.05) is 19.9 Å². The van der Waals surface area contributed by atoms with E-state index in [0.29, 0.717) is 0 Å². The minimum Gasteiger partial charge on any atom is -0.354 e. The number of aromatic nitrogens is 1. The van der Waals surface area contributed by atoms with E-state index in [1.807, 2.05) is 6.07 Å². The largest absolute Gasteiger partial charge is 0.354 e. The number of hydrogen-bond acceptors (Lipinski definition) is 4. The molecule has 0 saturated carbocycles. The van der Waals surface area contributed by atoms with E-state index in [1.165, 1.54) is 0 Å². The van der Waals surface area contributed by atoms with Crippen LogP contribution in [0.2, 0.25) is 0 Å². The SMILES string of the molecule is CC(C)C(=O)[C@@H](N)CNC(=O)Cc1cccnc1. The average Bonchev–Trinajstić information content (AvgIpc) is 2.36. The van der Waals surface area contributed by atoms with Gasteiger partial charge in [0.25, 0.3) is 0 Å². The van der Waals surface area contributed by atoms with Gasteiger partial charge in [-0.05, 0) is 11.6 Å². The van der Waals surface area contributed by atoms with Crippen molar-refractivity contribution in [3.05, 3.63) is 30.1 Å². The van der Waals surface area contributed by atoms with Crippen LogP contribution in [-0.4, -0.2) is 29.3 Å². The number of Topliss-reactive ketones (excluding diaryl/α,β-unsaturated/α-hetero) is 1. The monoisotopic (exact) mass is 249 g/mol. The number of carbonyl (C=O) groups excluding carboxylic acids is 2. The quantitative estimate of drug-likeness (QED) is 0.759. The standard InChI is InChI=1S/C13H19N3O2/c1-9(2)13(18)11(14)8-16-12(17)6-10-4-3-5-15-7-10/h3-5,7,9,11H,6,8,14H2,1-2H3,(H,16,17)/t11-/m0/s1. The summed E-state index contributed by atoms with van der Waals surface area (Å²) in [5.74, 6) is -0.318. The van der Waals surface area contributed by atoms with Gasteiger partial charge < -0.3 is 11.1 Å². The highest BCUT2D eigenvalue weighted by atomic mass is 16.2. The number of nitrogens with two attached hydrogens (primary N) is 1. The molecule has 1 heterocycles. The highest BCUT2D eigenvalue weighted by molar-refractivity contribution is 5.86. The number of rotatable bonds is 6. The van der Waals surface area contributed by atoms with Gasteiger partial charge >= 0.3 is 0 Å². The minimum atomic E-state index is -0.636. The molecule has 0 aliphatic heterocycles. The molecule has 1 aromatic rings. The third kappa shape index (κ3) is 4.63. The molecule has 98 valence electrons. The summed E-state index contributed by atoms with van der Waals surface area (Å²) in [6, 6.07) is 2.96. The number of ketones is 1. The Morgan fingerprint density at radius 1 is 1.44 bits per heavy atom. The highest BCUT2D eigenvalue weighted by Gasteiger charge is 2.17. The number of hydrogen-bond donors (Lipinski definition) is 2. The zero-order valence-corrected chi connectivity index (χ0v) is 10.7. The number of pyridine rings is 1. The summed E-state index contributed by atoms with van der Waals surface area (Å²) in [4.78, 5) is 27.1. The van der Waals surface area contributed by atoms with Gasteiger partial charge in [0, 0.05) is 24.9 Å². The number of nitrogens with zero attached hydrogens (tertiary/aromatic N) is 1. The molecule has 1 atom stereocenters. The second-order valence-corrected chi connectivity index (χ2v) is 4.51. The molecule has 0 aliphatic rings. The van der Waals surface area contributed by atoms with E-state index in [1.54, 1.807) is 32.3 Å². The Balaban J connectivity index is 2.36. The van der Waals surface area contributed by atoms with Crippen LogP contribution in [0.25, 0.3) is 0 Å². The molecular formula is C13H19N3O2. The van der Waals surface area contributed by atoms with Crippen molar-refractivity contribution in [2.75, 3.05) is 6.54 Å². The fraction of sp³-hybridized carbons (Fsp3) is 0.462. The number of carbonyl (C=O) groups is 2. The lowest BCUT2D eigenvalue weighted by molar-refractivity contribution is -0.123. The molecule has 0 spiro atoms. The summed E-state index contributed by atoms with van der Waals surface area (Å²) >= 11 is 0. The predicted molar refractivity (Wildman–Crippen MR) is 68.8 cm³/mol. The molecule has 18 heavy (non-hydrogen) atoms. The number of nitrogens with one attached hydrogen (secondary N) is 1. The van der Waals surface area contributed by atoms with Gasteiger partial charge in [-0.25, -0.2) is 0 Å². The van der Waals surface area contributed by atoms with Gasteiger partial charge in [-0.15, -0.1) is 0 Å². The van der Waals surface area contributed by atoms with Crippen molar-refractivity contribution in [3.63, 3.8) is 0 Å². The van der Waals surface area contributed by atoms with Gasteiger partial charge in [-0.2, -0.15) is 0 Å². The molecule has 0 radical (unpaired) electrons. The molecule has 5 nitrogen and oxygen atoms in total. The first-order chi connectivity index (χ1) is 8.50. The van der Waals surface area contributed by atoms with E-state index in [2.05, 4.69) is 10.3 Å². The Labute approximate surface area is 107 Å². The van der Waals surface area contributed by atoms with Gasteiger partial charge in [0.1, 0.15) is 0 Å². The van der Waals surface area contributed by atoms with Crippen LogP contribution in [0.15, 0.2) is 24.5 Å². The molecule has 1 rings (SSSR count). The van der Waals surface area contributed by atoms with Crippen molar-refractivity contribution in [3.8, 4) is 0 Å². The van der Waals surface area contributed by atoms with Gasteiger partial charge in [0.2, 0.25) is 5.91 Å². The maximum atomic E-state index is 11.6. The summed E-state index contributed by atoms with van der Waals surface area (Å²) in [6.45, 7) is 3.76. The summed E-state index contributed by atoms with van der Waals surface area (Å²) in [6.07, 6.45) is 3.54. The molecule has 0 unspecified atom stereocenters. The Kier molecular flexibility index (Phi) is 5.45. The average molecular weight is 249 g/mol. The predicted octanol–water partition coefficient (Wildman–Crippen LogP) is 0.293. The molecule has 3 N–H and O–H groups in total. The van der Waals surface area contributed by atoms with E-state index in [-0.39, 0.29) is 30.6 Å². The maximum absolute atomic E-state index is 11.6. The first kappa shape index (κ1) is 14.3. The summed E-state index contributed by atoms with van der Waals surface area (Å²) in [5, 5.41) is 2.65. The molecular weight excluding hydrogens is 230 g/mol. The fourth-order valence-corrected chi connectivity index (χ4v) is 1.50. The molecule has 0 aliphatic carbocycles. The molecule has 1 aromatic heterocycles. The summed E-state index contributed by atoms with van der Waals surface area (Å²) in [5.41, 5.74) is 6.52. The van der Waals surface area contributed by atoms with Crippen LogP contribution in [-0.2, 0) is 16.0 Å². The number of amides is 1. The fourth-order valence-electron chi connectivity index (χ4n) is 1.50. The Morgan fingerprint density at radius 3 is 2.72 bits per heavy atom. The van der Waals surface area contributed by atoms with Gasteiger partial charge in [0.15, 0.2) is 5.78 Å². The van der Waals surface area contributed by atoms with Crippen LogP contribution in [0, 0.1) is 5.92 Å². The third-order valence-corrected chi connectivity index (χ3v) is 2.54. The van der Waals surface area contributed by atoms with E-state index < -0.39 is 6.04 Å². The van der Waals surface area contributed by atoms with Gasteiger partial charge in [0.05, 0.1) is 12.5 Å². The molecule has 0 aromatic carbocycles. The van der Waals surface area contributed by atoms with Crippen molar-refractivity contribution >= 4 is 11.7 Å². The molecule has 1 amide bonds. The Morgan fingerprint density at radius 2 is 2.17 bits per heavy atom. The van der Waals surface area contributed by atoms with E-state index >= 15 is 0 Å². The maximum Gasteiger partial charge on any atom is 0.224 e. The van der Waals surface area contributed by atoms with Crippen molar-refractivity contribution in [1.82, 2.24) is 10.3 Å². The lowest BCUT2D eigenvalue weighted by Gasteiger charge is -2.13. The van der Waals surface area contributed by atoms with Crippen molar-refractivity contribution in [2.24, 2.45) is 11.7 Å². The van der Waals surface area contributed by atoms with Crippen LogP contribution in [0.1, 0.15) is 19.4 Å². The zero-order chi connectivity index (χ0) is 13.5. The lowest BCUT2D eigenvalue weighted by Crippen LogP contribution is -2.44. The van der Waals surface area contributed by atoms with Crippen molar-refractivity contribution in [1.29, 1.82) is 0 Å². The van der Waals surface area contributed by atoms with Crippen LogP contribution in [0.5, 0.6) is 0 Å². The lowest BCUT2D eigenvalue weighted by atomic mass is 10.0. The minimum absolute atomic E-state index is 0.0447. The zero-order valence-electron chi connectivity index (χ0n) is 10.7. The smallest absolute Gasteiger partial charge is 0.224 e. The van der Waals surface area contributed by atoms with Crippen LogP contribution < -0.4 is 11.1 Å². The van der Waals surface area contributed by atoms with Crippen molar-refractivity contribution in [2.45, 2.75) is 26.3 Å². The van der Waals surface area contributed by atoms with Crippen LogP contribution >= 0.6 is 0 Å². The second kappa shape index (κ2) is 6.86. The molecule has 0 bridgehead atoms. The van der Waals surface area contributed by atoms with E-state index in [0.717, 1.165) is 5.56 Å². The van der Waals surface area contributed by atoms with Crippen LogP contribution in [0.3, 0.4) is 0 Å². The van der Waals surface area contributed by atoms with Gasteiger partial charge in [-0.3, -0.25) is 14.6 Å². The van der Waals surface area contributed by atoms with Crippen molar-refractivity contribution < 1.29 is 9.59 Å². The Hall–Kier alpha value is -1.75. The summed E-state index contributed by atoms with van der Waals surface area (Å²) < 4.78 is 0. The first-order valence-corrected chi connectivity index (χ1v) is 5.95. The molecule has 0 saturated heterocycles. The first-order valence-electron chi connectivity index (χ1n) is 5.95. The topological polar surface area (TPSA) is 85.1 Å². The van der Waals surface area contributed by atoms with E-state index in [4.69, 9.17) is 5.73 Å². The highest BCUT2D eigenvalue weighted by Crippen LogP contribution is 1.98. The molecule has 0 fully saturated rings. The van der Waals surface area contributed by atoms with E-state index in [9.17, 15) is 9.59 Å².